The molecule has 0 amide bonds. The molecule has 0 spiro atoms. The third-order valence-corrected chi connectivity index (χ3v) is 6.75. The minimum absolute atomic E-state index is 0.186. The Hall–Kier alpha value is -4.55. The van der Waals surface area contributed by atoms with Gasteiger partial charge in [-0.05, 0) is 38.3 Å². The van der Waals surface area contributed by atoms with Crippen molar-refractivity contribution in [3.8, 4) is 22.8 Å². The van der Waals surface area contributed by atoms with E-state index < -0.39 is 11.9 Å². The Morgan fingerprint density at radius 2 is 1.95 bits per heavy atom. The van der Waals surface area contributed by atoms with E-state index in [2.05, 4.69) is 30.0 Å². The molecule has 5 aromatic rings. The second kappa shape index (κ2) is 9.03. The van der Waals surface area contributed by atoms with E-state index in [0.717, 1.165) is 19.0 Å². The van der Waals surface area contributed by atoms with Crippen LogP contribution in [0.4, 0.5) is 18.9 Å². The van der Waals surface area contributed by atoms with Crippen molar-refractivity contribution in [3.05, 3.63) is 70.4 Å². The van der Waals surface area contributed by atoms with Gasteiger partial charge in [0.15, 0.2) is 17.2 Å². The average molecular weight is 536 g/mol. The molecule has 10 nitrogen and oxygen atoms in total. The fourth-order valence-corrected chi connectivity index (χ4v) is 4.58. The summed E-state index contributed by atoms with van der Waals surface area (Å²) in [6, 6.07) is 4.81. The number of nitrogens with one attached hydrogen (secondary N) is 1. The highest BCUT2D eigenvalue weighted by atomic mass is 19.4. The number of hydrogen-bond acceptors (Lipinski definition) is 7. The maximum atomic E-state index is 13.3. The Kier molecular flexibility index (Phi) is 5.74. The number of aromatic nitrogens is 8. The van der Waals surface area contributed by atoms with E-state index >= 15 is 0 Å². The number of hydrogen-bond donors (Lipinski definition) is 2. The van der Waals surface area contributed by atoms with Crippen molar-refractivity contribution in [2.45, 2.75) is 51.4 Å². The standard InChI is InChI=1S/C26H24F3N9O/c1-13(2)37-11-19(26(27,28)29)35-23(37)15-5-6-16(18(30)7-15)10-38-24-17(9-34-38)8-31-22(36-24)20-21(14-3-4-14)32-12-33-25(20)39/h5-9,11-14H,3-4,10,30H2,1-2H3,(H,32,33,39). The van der Waals surface area contributed by atoms with Crippen LogP contribution in [0.1, 0.15) is 55.6 Å². The van der Waals surface area contributed by atoms with Gasteiger partial charge >= 0.3 is 6.18 Å². The van der Waals surface area contributed by atoms with Crippen molar-refractivity contribution < 1.29 is 13.2 Å². The Balaban J connectivity index is 1.35. The first-order valence-electron chi connectivity index (χ1n) is 12.4. The number of nitrogens with two attached hydrogens (primary N) is 1. The molecule has 3 N–H and O–H groups in total. The van der Waals surface area contributed by atoms with Gasteiger partial charge in [-0.25, -0.2) is 24.6 Å². The summed E-state index contributed by atoms with van der Waals surface area (Å²) in [7, 11) is 0. The van der Waals surface area contributed by atoms with Crippen LogP contribution in [0.25, 0.3) is 33.8 Å². The van der Waals surface area contributed by atoms with Gasteiger partial charge in [0.05, 0.1) is 30.1 Å². The zero-order valence-electron chi connectivity index (χ0n) is 21.1. The van der Waals surface area contributed by atoms with Gasteiger partial charge in [-0.2, -0.15) is 18.3 Å². The molecule has 6 rings (SSSR count). The summed E-state index contributed by atoms with van der Waals surface area (Å²) in [5.74, 6) is 0.679. The van der Waals surface area contributed by atoms with Gasteiger partial charge in [-0.1, -0.05) is 12.1 Å². The first kappa shape index (κ1) is 24.8. The van der Waals surface area contributed by atoms with Gasteiger partial charge in [0.1, 0.15) is 11.4 Å². The highest BCUT2D eigenvalue weighted by Crippen LogP contribution is 2.41. The van der Waals surface area contributed by atoms with E-state index in [1.165, 1.54) is 10.9 Å². The van der Waals surface area contributed by atoms with E-state index in [9.17, 15) is 18.0 Å². The Morgan fingerprint density at radius 1 is 1.15 bits per heavy atom. The number of halogens is 3. The fraction of sp³-hybridized carbons (Fsp3) is 0.308. The third-order valence-electron chi connectivity index (χ3n) is 6.75. The third kappa shape index (κ3) is 4.53. The predicted octanol–water partition coefficient (Wildman–Crippen LogP) is 4.55. The SMILES string of the molecule is CC(C)n1cc(C(F)(F)F)nc1-c1ccc(Cn2ncc3cnc(-c4c(C5CC5)nc[nH]c4=O)nc32)c(N)c1. The van der Waals surface area contributed by atoms with Crippen LogP contribution in [-0.4, -0.2) is 39.3 Å². The number of nitrogen functional groups attached to an aromatic ring is 1. The highest BCUT2D eigenvalue weighted by molar-refractivity contribution is 5.76. The maximum absolute atomic E-state index is 13.3. The van der Waals surface area contributed by atoms with Crippen LogP contribution in [0.15, 0.2) is 47.9 Å². The van der Waals surface area contributed by atoms with Gasteiger partial charge in [0.2, 0.25) is 0 Å². The van der Waals surface area contributed by atoms with Crippen LogP contribution in [0.2, 0.25) is 0 Å². The van der Waals surface area contributed by atoms with E-state index in [0.29, 0.717) is 39.1 Å². The monoisotopic (exact) mass is 535 g/mol. The topological polar surface area (TPSA) is 133 Å². The summed E-state index contributed by atoms with van der Waals surface area (Å²) < 4.78 is 43.1. The van der Waals surface area contributed by atoms with Crippen LogP contribution in [0.5, 0.6) is 0 Å². The molecule has 1 aliphatic carbocycles. The van der Waals surface area contributed by atoms with Crippen LogP contribution in [-0.2, 0) is 12.7 Å². The van der Waals surface area contributed by atoms with E-state index in [-0.39, 0.29) is 35.7 Å². The molecule has 39 heavy (non-hydrogen) atoms. The molecule has 0 radical (unpaired) electrons. The number of benzene rings is 1. The molecule has 1 fully saturated rings. The summed E-state index contributed by atoms with van der Waals surface area (Å²) in [5.41, 5.74) is 8.20. The predicted molar refractivity (Wildman–Crippen MR) is 138 cm³/mol. The lowest BCUT2D eigenvalue weighted by Gasteiger charge is -2.13. The van der Waals surface area contributed by atoms with E-state index in [1.807, 2.05) is 0 Å². The molecule has 200 valence electrons. The first-order chi connectivity index (χ1) is 18.6. The smallest absolute Gasteiger partial charge is 0.398 e. The number of alkyl halides is 3. The molecular weight excluding hydrogens is 511 g/mol. The second-order valence-electron chi connectivity index (χ2n) is 9.90. The highest BCUT2D eigenvalue weighted by Gasteiger charge is 2.35. The number of nitrogens with zero attached hydrogens (tertiary/aromatic N) is 7. The van der Waals surface area contributed by atoms with Crippen LogP contribution in [0, 0.1) is 0 Å². The molecule has 0 unspecified atom stereocenters. The van der Waals surface area contributed by atoms with Crippen molar-refractivity contribution in [3.63, 3.8) is 0 Å². The first-order valence-corrected chi connectivity index (χ1v) is 12.4. The minimum atomic E-state index is -4.55. The number of rotatable bonds is 6. The van der Waals surface area contributed by atoms with Crippen molar-refractivity contribution in [2.24, 2.45) is 0 Å². The molecule has 13 heteroatoms. The van der Waals surface area contributed by atoms with Crippen molar-refractivity contribution in [1.29, 1.82) is 0 Å². The van der Waals surface area contributed by atoms with Gasteiger partial charge in [-0.3, -0.25) is 4.79 Å². The van der Waals surface area contributed by atoms with Gasteiger partial charge in [0, 0.05) is 35.6 Å². The van der Waals surface area contributed by atoms with Gasteiger partial charge in [0.25, 0.3) is 5.56 Å². The molecule has 1 aromatic carbocycles. The molecule has 4 heterocycles. The second-order valence-corrected chi connectivity index (χ2v) is 9.90. The number of fused-ring (bicyclic) bond motifs is 1. The summed E-state index contributed by atoms with van der Waals surface area (Å²) in [6.45, 7) is 3.82. The van der Waals surface area contributed by atoms with Crippen molar-refractivity contribution in [2.75, 3.05) is 5.73 Å². The average Bonchev–Trinajstić information content (AvgIpc) is 3.50. The van der Waals surface area contributed by atoms with Gasteiger partial charge in [-0.15, -0.1) is 0 Å². The van der Waals surface area contributed by atoms with Crippen LogP contribution >= 0.6 is 0 Å². The summed E-state index contributed by atoms with van der Waals surface area (Å²) in [4.78, 5) is 32.5. The lowest BCUT2D eigenvalue weighted by atomic mass is 10.1. The largest absolute Gasteiger partial charge is 0.434 e. The molecule has 0 saturated heterocycles. The summed E-state index contributed by atoms with van der Waals surface area (Å²) in [6.07, 6.45) is 3.02. The van der Waals surface area contributed by atoms with Crippen LogP contribution in [0.3, 0.4) is 0 Å². The van der Waals surface area contributed by atoms with Crippen molar-refractivity contribution >= 4 is 16.7 Å². The number of anilines is 1. The lowest BCUT2D eigenvalue weighted by molar-refractivity contribution is -0.140. The van der Waals surface area contributed by atoms with Crippen molar-refractivity contribution in [1.82, 2.24) is 39.3 Å². The molecular formula is C26H24F3N9O. The Morgan fingerprint density at radius 3 is 2.64 bits per heavy atom. The zero-order chi connectivity index (χ0) is 27.5. The fourth-order valence-electron chi connectivity index (χ4n) is 4.58. The zero-order valence-corrected chi connectivity index (χ0v) is 21.1. The molecule has 0 bridgehead atoms. The minimum Gasteiger partial charge on any atom is -0.398 e. The molecule has 1 saturated carbocycles. The molecule has 0 aliphatic heterocycles. The van der Waals surface area contributed by atoms with Gasteiger partial charge < -0.3 is 15.3 Å². The van der Waals surface area contributed by atoms with E-state index in [1.54, 1.807) is 49.1 Å². The number of aromatic amines is 1. The molecule has 1 aliphatic rings. The number of imidazole rings is 1. The van der Waals surface area contributed by atoms with E-state index in [4.69, 9.17) is 5.73 Å². The Labute approximate surface area is 219 Å². The normalized spacial score (nSPS) is 14.0. The summed E-state index contributed by atoms with van der Waals surface area (Å²) in [5, 5.41) is 5.10. The quantitative estimate of drug-likeness (QED) is 0.305. The lowest BCUT2D eigenvalue weighted by Crippen LogP contribution is -2.15. The van der Waals surface area contributed by atoms with Crippen LogP contribution < -0.4 is 11.3 Å². The number of H-pyrrole nitrogens is 1. The summed E-state index contributed by atoms with van der Waals surface area (Å²) >= 11 is 0. The Bertz CT molecular complexity index is 1760. The molecule has 4 aromatic heterocycles. The molecule has 0 atom stereocenters. The maximum Gasteiger partial charge on any atom is 0.434 e.